The van der Waals surface area contributed by atoms with Crippen LogP contribution >= 0.6 is 0 Å². The topological polar surface area (TPSA) is 111 Å². The standard InChI is InChI=1S/C16H18N2O.C4H4O4/c1-18-8-2-3-16(18)14-9-13(10-17-11-14)12-4-6-15(19)7-5-12;5-3(6)1-2-4(7)8/h4-7,9-11,16,19H,2-3,8H2,1H3;1-2H,(H,5,6)(H,7,8). The maximum absolute atomic E-state index is 9.55. The molecule has 1 fully saturated rings. The number of hydrogen-bond acceptors (Lipinski definition) is 5. The number of aromatic nitrogens is 1. The third kappa shape index (κ3) is 6.23. The van der Waals surface area contributed by atoms with Crippen LogP contribution < -0.4 is 0 Å². The number of aromatic hydroxyl groups is 1. The van der Waals surface area contributed by atoms with Crippen molar-refractivity contribution < 1.29 is 24.9 Å². The zero-order valence-electron chi connectivity index (χ0n) is 14.9. The molecule has 1 atom stereocenters. The van der Waals surface area contributed by atoms with Gasteiger partial charge in [0, 0.05) is 36.2 Å². The molecule has 2 heterocycles. The largest absolute Gasteiger partial charge is 0.508 e. The van der Waals surface area contributed by atoms with E-state index in [9.17, 15) is 14.7 Å². The van der Waals surface area contributed by atoms with E-state index in [0.717, 1.165) is 17.7 Å². The number of rotatable bonds is 4. The first kappa shape index (κ1) is 20.1. The van der Waals surface area contributed by atoms with Gasteiger partial charge in [0.25, 0.3) is 0 Å². The number of carboxylic acid groups (broad SMARTS) is 2. The second kappa shape index (κ2) is 9.49. The van der Waals surface area contributed by atoms with Gasteiger partial charge in [-0.2, -0.15) is 0 Å². The Balaban J connectivity index is 0.000000279. The highest BCUT2D eigenvalue weighted by Crippen LogP contribution is 2.32. The average Bonchev–Trinajstić information content (AvgIpc) is 3.07. The molecule has 0 spiro atoms. The lowest BCUT2D eigenvalue weighted by atomic mass is 10.0. The Bertz CT molecular complexity index is 801. The van der Waals surface area contributed by atoms with E-state index in [1.54, 1.807) is 12.1 Å². The van der Waals surface area contributed by atoms with Gasteiger partial charge in [0.2, 0.25) is 0 Å². The van der Waals surface area contributed by atoms with Crippen LogP contribution in [0.15, 0.2) is 54.9 Å². The molecule has 27 heavy (non-hydrogen) atoms. The highest BCUT2D eigenvalue weighted by molar-refractivity contribution is 5.89. The summed E-state index contributed by atoms with van der Waals surface area (Å²) in [7, 11) is 2.17. The summed E-state index contributed by atoms with van der Waals surface area (Å²) in [6.45, 7) is 1.16. The maximum Gasteiger partial charge on any atom is 0.328 e. The van der Waals surface area contributed by atoms with E-state index in [-0.39, 0.29) is 0 Å². The summed E-state index contributed by atoms with van der Waals surface area (Å²) in [5, 5.41) is 25.0. The fourth-order valence-corrected chi connectivity index (χ4v) is 2.93. The van der Waals surface area contributed by atoms with Crippen molar-refractivity contribution in [1.29, 1.82) is 0 Å². The Labute approximate surface area is 157 Å². The lowest BCUT2D eigenvalue weighted by molar-refractivity contribution is -0.134. The average molecular weight is 370 g/mol. The zero-order valence-corrected chi connectivity index (χ0v) is 14.9. The minimum absolute atomic E-state index is 0.295. The van der Waals surface area contributed by atoms with Crippen molar-refractivity contribution in [3.63, 3.8) is 0 Å². The number of phenolic OH excluding ortho intramolecular Hbond substituents is 1. The van der Waals surface area contributed by atoms with Crippen molar-refractivity contribution in [3.05, 3.63) is 60.4 Å². The van der Waals surface area contributed by atoms with Crippen molar-refractivity contribution in [2.75, 3.05) is 13.6 Å². The summed E-state index contributed by atoms with van der Waals surface area (Å²) in [5.41, 5.74) is 3.48. The first-order chi connectivity index (χ1) is 12.9. The molecule has 2 aromatic rings. The quantitative estimate of drug-likeness (QED) is 0.710. The zero-order chi connectivity index (χ0) is 19.8. The Morgan fingerprint density at radius 1 is 1.07 bits per heavy atom. The molecule has 1 aliphatic heterocycles. The van der Waals surface area contributed by atoms with Crippen molar-refractivity contribution in [3.8, 4) is 16.9 Å². The van der Waals surface area contributed by atoms with Gasteiger partial charge in [0.1, 0.15) is 5.75 Å². The van der Waals surface area contributed by atoms with Gasteiger partial charge in [-0.1, -0.05) is 12.1 Å². The molecule has 0 amide bonds. The van der Waals surface area contributed by atoms with E-state index in [2.05, 4.69) is 23.0 Å². The van der Waals surface area contributed by atoms with Gasteiger partial charge in [-0.15, -0.1) is 0 Å². The molecule has 3 rings (SSSR count). The van der Waals surface area contributed by atoms with Gasteiger partial charge in [-0.05, 0) is 55.8 Å². The SMILES string of the molecule is CN1CCCC1c1cncc(-c2ccc(O)cc2)c1.O=C(O)C=CC(=O)O. The number of nitrogens with zero attached hydrogens (tertiary/aromatic N) is 2. The lowest BCUT2D eigenvalue weighted by Gasteiger charge is -2.19. The van der Waals surface area contributed by atoms with Crippen LogP contribution in [0.4, 0.5) is 0 Å². The molecule has 1 aliphatic rings. The molecular formula is C20H22N2O5. The molecule has 0 bridgehead atoms. The third-order valence-corrected chi connectivity index (χ3v) is 4.23. The molecule has 1 aromatic carbocycles. The van der Waals surface area contributed by atoms with Crippen molar-refractivity contribution in [2.45, 2.75) is 18.9 Å². The normalized spacial score (nSPS) is 16.7. The monoisotopic (exact) mass is 370 g/mol. The summed E-state index contributed by atoms with van der Waals surface area (Å²) in [5.74, 6) is -2.22. The molecule has 142 valence electrons. The minimum atomic E-state index is -1.26. The number of carboxylic acids is 2. The van der Waals surface area contributed by atoms with Crippen molar-refractivity contribution in [2.24, 2.45) is 0 Å². The number of phenols is 1. The second-order valence-electron chi connectivity index (χ2n) is 6.20. The fourth-order valence-electron chi connectivity index (χ4n) is 2.93. The smallest absolute Gasteiger partial charge is 0.328 e. The molecule has 0 saturated carbocycles. The summed E-state index contributed by atoms with van der Waals surface area (Å²) in [6, 6.07) is 9.98. The highest BCUT2D eigenvalue weighted by atomic mass is 16.4. The van der Waals surface area contributed by atoms with Crippen LogP contribution in [0.25, 0.3) is 11.1 Å². The van der Waals surface area contributed by atoms with E-state index in [0.29, 0.717) is 23.9 Å². The predicted molar refractivity (Wildman–Crippen MR) is 100 cm³/mol. The number of hydrogen-bond donors (Lipinski definition) is 3. The number of aliphatic carboxylic acids is 2. The molecule has 1 unspecified atom stereocenters. The summed E-state index contributed by atoms with van der Waals surface area (Å²) in [4.78, 5) is 25.9. The van der Waals surface area contributed by atoms with Crippen molar-refractivity contribution >= 4 is 11.9 Å². The number of carbonyl (C=O) groups is 2. The van der Waals surface area contributed by atoms with Gasteiger partial charge in [0.05, 0.1) is 0 Å². The molecular weight excluding hydrogens is 348 g/mol. The van der Waals surface area contributed by atoms with Crippen LogP contribution in [-0.2, 0) is 9.59 Å². The van der Waals surface area contributed by atoms with E-state index < -0.39 is 11.9 Å². The van der Waals surface area contributed by atoms with Crippen LogP contribution in [0.1, 0.15) is 24.4 Å². The van der Waals surface area contributed by atoms with E-state index in [1.165, 1.54) is 18.4 Å². The fraction of sp³-hybridized carbons (Fsp3) is 0.250. The number of likely N-dealkylation sites (tertiary alicyclic amines) is 1. The lowest BCUT2D eigenvalue weighted by Crippen LogP contribution is -2.17. The molecule has 0 aliphatic carbocycles. The van der Waals surface area contributed by atoms with Crippen LogP contribution in [0, 0.1) is 0 Å². The van der Waals surface area contributed by atoms with Gasteiger partial charge in [-0.25, -0.2) is 9.59 Å². The molecule has 1 saturated heterocycles. The van der Waals surface area contributed by atoms with Crippen LogP contribution in [0.5, 0.6) is 5.75 Å². The number of benzene rings is 1. The predicted octanol–water partition coefficient (Wildman–Crippen LogP) is 2.93. The van der Waals surface area contributed by atoms with E-state index in [4.69, 9.17) is 10.2 Å². The van der Waals surface area contributed by atoms with Gasteiger partial charge in [0.15, 0.2) is 0 Å². The molecule has 0 radical (unpaired) electrons. The van der Waals surface area contributed by atoms with Crippen molar-refractivity contribution in [1.82, 2.24) is 9.88 Å². The summed E-state index contributed by atoms with van der Waals surface area (Å²) >= 11 is 0. The summed E-state index contributed by atoms with van der Waals surface area (Å²) < 4.78 is 0. The first-order valence-corrected chi connectivity index (χ1v) is 8.45. The minimum Gasteiger partial charge on any atom is -0.508 e. The molecule has 1 aromatic heterocycles. The van der Waals surface area contributed by atoms with Crippen LogP contribution in [-0.4, -0.2) is 50.7 Å². The van der Waals surface area contributed by atoms with Crippen LogP contribution in [0.3, 0.4) is 0 Å². The molecule has 7 heteroatoms. The second-order valence-corrected chi connectivity index (χ2v) is 6.20. The third-order valence-electron chi connectivity index (χ3n) is 4.23. The first-order valence-electron chi connectivity index (χ1n) is 8.45. The molecule has 7 nitrogen and oxygen atoms in total. The van der Waals surface area contributed by atoms with E-state index in [1.807, 2.05) is 24.5 Å². The highest BCUT2D eigenvalue weighted by Gasteiger charge is 2.22. The summed E-state index contributed by atoms with van der Waals surface area (Å²) in [6.07, 6.45) is 7.42. The van der Waals surface area contributed by atoms with Gasteiger partial charge in [-0.3, -0.25) is 9.88 Å². The maximum atomic E-state index is 9.55. The van der Waals surface area contributed by atoms with E-state index >= 15 is 0 Å². The Morgan fingerprint density at radius 2 is 1.70 bits per heavy atom. The van der Waals surface area contributed by atoms with Crippen LogP contribution in [0.2, 0.25) is 0 Å². The Hall–Kier alpha value is -3.19. The number of pyridine rings is 1. The van der Waals surface area contributed by atoms with Gasteiger partial charge < -0.3 is 15.3 Å². The van der Waals surface area contributed by atoms with Gasteiger partial charge >= 0.3 is 11.9 Å². The Kier molecular flexibility index (Phi) is 7.08. The Morgan fingerprint density at radius 3 is 2.22 bits per heavy atom. The molecule has 3 N–H and O–H groups in total.